The second-order valence-corrected chi connectivity index (χ2v) is 11.0. The number of sulfonamides is 2. The SMILES string of the molecule is COCCOc1ccc(S(=O)(=O)Nc2ccc(C)c(S(=O)(=O)N3CCOCC3)c2)cc1C. The number of morpholine rings is 1. The molecule has 3 rings (SSSR count). The molecule has 0 aromatic heterocycles. The van der Waals surface area contributed by atoms with E-state index in [1.807, 2.05) is 0 Å². The van der Waals surface area contributed by atoms with Crippen molar-refractivity contribution in [1.82, 2.24) is 4.31 Å². The average Bonchev–Trinajstić information content (AvgIpc) is 2.76. The van der Waals surface area contributed by atoms with E-state index in [1.54, 1.807) is 39.2 Å². The minimum atomic E-state index is -3.94. The fourth-order valence-corrected chi connectivity index (χ4v) is 6.06. The third kappa shape index (κ3) is 5.59. The summed E-state index contributed by atoms with van der Waals surface area (Å²) in [7, 11) is -6.13. The summed E-state index contributed by atoms with van der Waals surface area (Å²) in [6.45, 7) is 5.38. The lowest BCUT2D eigenvalue weighted by Gasteiger charge is -2.27. The lowest BCUT2D eigenvalue weighted by molar-refractivity contribution is 0.0730. The molecule has 11 heteroatoms. The van der Waals surface area contributed by atoms with Crippen LogP contribution in [0.15, 0.2) is 46.2 Å². The number of nitrogens with zero attached hydrogens (tertiary/aromatic N) is 1. The highest BCUT2D eigenvalue weighted by Crippen LogP contribution is 2.27. The van der Waals surface area contributed by atoms with E-state index >= 15 is 0 Å². The van der Waals surface area contributed by atoms with Gasteiger partial charge in [-0.15, -0.1) is 0 Å². The van der Waals surface area contributed by atoms with Gasteiger partial charge in [-0.1, -0.05) is 6.07 Å². The quantitative estimate of drug-likeness (QED) is 0.543. The summed E-state index contributed by atoms with van der Waals surface area (Å²) < 4.78 is 71.5. The molecule has 0 atom stereocenters. The van der Waals surface area contributed by atoms with E-state index in [2.05, 4.69) is 4.72 Å². The lowest BCUT2D eigenvalue weighted by Crippen LogP contribution is -2.40. The van der Waals surface area contributed by atoms with Crippen molar-refractivity contribution in [1.29, 1.82) is 0 Å². The standard InChI is InChI=1S/C21H28N2O7S2/c1-16-4-5-18(15-21(16)32(26,27)23-8-10-29-11-9-23)22-31(24,25)19-6-7-20(17(2)14-19)30-13-12-28-3/h4-7,14-15,22H,8-13H2,1-3H3. The van der Waals surface area contributed by atoms with E-state index in [1.165, 1.54) is 22.5 Å². The van der Waals surface area contributed by atoms with Gasteiger partial charge in [-0.3, -0.25) is 4.72 Å². The van der Waals surface area contributed by atoms with E-state index in [4.69, 9.17) is 14.2 Å². The normalized spacial score (nSPS) is 15.5. The fourth-order valence-electron chi connectivity index (χ4n) is 3.27. The Hall–Kier alpha value is -2.18. The molecule has 0 bridgehead atoms. The van der Waals surface area contributed by atoms with Crippen LogP contribution in [-0.2, 0) is 29.5 Å². The van der Waals surface area contributed by atoms with Crippen molar-refractivity contribution in [3.8, 4) is 5.75 Å². The van der Waals surface area contributed by atoms with Crippen LogP contribution in [0, 0.1) is 13.8 Å². The monoisotopic (exact) mass is 484 g/mol. The number of aryl methyl sites for hydroxylation is 2. The Kier molecular flexibility index (Phi) is 7.78. The van der Waals surface area contributed by atoms with Crippen molar-refractivity contribution in [2.45, 2.75) is 23.6 Å². The summed E-state index contributed by atoms with van der Waals surface area (Å²) in [5.74, 6) is 0.565. The van der Waals surface area contributed by atoms with Crippen molar-refractivity contribution in [3.63, 3.8) is 0 Å². The van der Waals surface area contributed by atoms with Crippen molar-refractivity contribution in [2.75, 3.05) is 51.3 Å². The molecular formula is C21H28N2O7S2. The van der Waals surface area contributed by atoms with Gasteiger partial charge in [-0.05, 0) is 55.3 Å². The van der Waals surface area contributed by atoms with Crippen molar-refractivity contribution >= 4 is 25.7 Å². The number of anilines is 1. The Morgan fingerprint density at radius 2 is 1.69 bits per heavy atom. The van der Waals surface area contributed by atoms with Crippen LogP contribution in [0.25, 0.3) is 0 Å². The molecule has 9 nitrogen and oxygen atoms in total. The smallest absolute Gasteiger partial charge is 0.261 e. The highest BCUT2D eigenvalue weighted by atomic mass is 32.2. The second-order valence-electron chi connectivity index (χ2n) is 7.37. The third-order valence-electron chi connectivity index (χ3n) is 5.03. The van der Waals surface area contributed by atoms with Crippen LogP contribution >= 0.6 is 0 Å². The first-order valence-electron chi connectivity index (χ1n) is 10.1. The predicted molar refractivity (Wildman–Crippen MR) is 120 cm³/mol. The number of hydrogen-bond acceptors (Lipinski definition) is 7. The summed E-state index contributed by atoms with van der Waals surface area (Å²) >= 11 is 0. The van der Waals surface area contributed by atoms with Gasteiger partial charge >= 0.3 is 0 Å². The zero-order valence-electron chi connectivity index (χ0n) is 18.3. The van der Waals surface area contributed by atoms with Crippen LogP contribution in [0.4, 0.5) is 5.69 Å². The molecule has 0 unspecified atom stereocenters. The zero-order valence-corrected chi connectivity index (χ0v) is 20.0. The molecule has 1 fully saturated rings. The molecule has 0 amide bonds. The molecule has 32 heavy (non-hydrogen) atoms. The van der Waals surface area contributed by atoms with Crippen molar-refractivity contribution in [3.05, 3.63) is 47.5 Å². The van der Waals surface area contributed by atoms with Crippen molar-refractivity contribution < 1.29 is 31.0 Å². The first kappa shape index (κ1) is 24.5. The van der Waals surface area contributed by atoms with E-state index in [-0.39, 0.29) is 28.6 Å². The van der Waals surface area contributed by atoms with Gasteiger partial charge in [0.05, 0.1) is 35.3 Å². The Bertz CT molecular complexity index is 1160. The first-order valence-corrected chi connectivity index (χ1v) is 13.0. The summed E-state index contributed by atoms with van der Waals surface area (Å²) in [4.78, 5) is 0.116. The molecule has 1 aliphatic heterocycles. The van der Waals surface area contributed by atoms with Crippen LogP contribution in [0.1, 0.15) is 11.1 Å². The third-order valence-corrected chi connectivity index (χ3v) is 8.45. The summed E-state index contributed by atoms with van der Waals surface area (Å²) in [5.41, 5.74) is 1.36. The van der Waals surface area contributed by atoms with Gasteiger partial charge in [0.15, 0.2) is 0 Å². The van der Waals surface area contributed by atoms with Gasteiger partial charge in [0, 0.05) is 20.2 Å². The topological polar surface area (TPSA) is 111 Å². The van der Waals surface area contributed by atoms with Gasteiger partial charge < -0.3 is 14.2 Å². The van der Waals surface area contributed by atoms with E-state index in [0.717, 1.165) is 0 Å². The average molecular weight is 485 g/mol. The Morgan fingerprint density at radius 1 is 0.969 bits per heavy atom. The second kappa shape index (κ2) is 10.2. The maximum Gasteiger partial charge on any atom is 0.261 e. The molecule has 1 aliphatic rings. The number of hydrogen-bond donors (Lipinski definition) is 1. The lowest BCUT2D eigenvalue weighted by atomic mass is 10.2. The molecule has 0 radical (unpaired) electrons. The number of benzene rings is 2. The fraction of sp³-hybridized carbons (Fsp3) is 0.429. The van der Waals surface area contributed by atoms with Crippen LogP contribution in [0.5, 0.6) is 5.75 Å². The highest BCUT2D eigenvalue weighted by molar-refractivity contribution is 7.92. The van der Waals surface area contributed by atoms with Gasteiger partial charge in [0.1, 0.15) is 12.4 Å². The van der Waals surface area contributed by atoms with Gasteiger partial charge in [-0.25, -0.2) is 16.8 Å². The molecule has 176 valence electrons. The largest absolute Gasteiger partial charge is 0.491 e. The van der Waals surface area contributed by atoms with Gasteiger partial charge in [0.25, 0.3) is 10.0 Å². The van der Waals surface area contributed by atoms with E-state index < -0.39 is 20.0 Å². The number of rotatable bonds is 9. The van der Waals surface area contributed by atoms with E-state index in [0.29, 0.717) is 43.3 Å². The molecule has 0 saturated carbocycles. The molecule has 0 aliphatic carbocycles. The van der Waals surface area contributed by atoms with Crippen molar-refractivity contribution in [2.24, 2.45) is 0 Å². The minimum Gasteiger partial charge on any atom is -0.491 e. The molecule has 2 aromatic carbocycles. The molecule has 1 saturated heterocycles. The van der Waals surface area contributed by atoms with Crippen LogP contribution in [0.2, 0.25) is 0 Å². The minimum absolute atomic E-state index is 0.0484. The number of methoxy groups -OCH3 is 1. The van der Waals surface area contributed by atoms with Gasteiger partial charge in [-0.2, -0.15) is 4.31 Å². The molecule has 0 spiro atoms. The van der Waals surface area contributed by atoms with Crippen LogP contribution in [-0.4, -0.2) is 67.8 Å². The predicted octanol–water partition coefficient (Wildman–Crippen LogP) is 2.15. The summed E-state index contributed by atoms with van der Waals surface area (Å²) in [6, 6.07) is 9.01. The zero-order chi connectivity index (χ0) is 23.4. The number of ether oxygens (including phenoxy) is 3. The van der Waals surface area contributed by atoms with Crippen LogP contribution < -0.4 is 9.46 Å². The Balaban J connectivity index is 1.84. The highest BCUT2D eigenvalue weighted by Gasteiger charge is 2.28. The summed E-state index contributed by atoms with van der Waals surface area (Å²) in [5, 5.41) is 0. The maximum absolute atomic E-state index is 13.1. The molecular weight excluding hydrogens is 456 g/mol. The number of nitrogens with one attached hydrogen (secondary N) is 1. The molecule has 1 heterocycles. The van der Waals surface area contributed by atoms with E-state index in [9.17, 15) is 16.8 Å². The Labute approximate surface area is 189 Å². The Morgan fingerprint density at radius 3 is 2.34 bits per heavy atom. The summed E-state index contributed by atoms with van der Waals surface area (Å²) in [6.07, 6.45) is 0. The first-order chi connectivity index (χ1) is 15.1. The molecule has 1 N–H and O–H groups in total. The maximum atomic E-state index is 13.1. The van der Waals surface area contributed by atoms with Gasteiger partial charge in [0.2, 0.25) is 10.0 Å². The molecule has 2 aromatic rings. The van der Waals surface area contributed by atoms with Crippen LogP contribution in [0.3, 0.4) is 0 Å².